The summed E-state index contributed by atoms with van der Waals surface area (Å²) in [5.74, 6) is 0.438. The van der Waals surface area contributed by atoms with E-state index in [1.54, 1.807) is 0 Å². The summed E-state index contributed by atoms with van der Waals surface area (Å²) in [5.41, 5.74) is 1.28. The van der Waals surface area contributed by atoms with Gasteiger partial charge < -0.3 is 4.74 Å². The first-order valence-corrected chi connectivity index (χ1v) is 8.79. The van der Waals surface area contributed by atoms with E-state index < -0.39 is 10.0 Å². The molecular formula is C15H23NO3S. The van der Waals surface area contributed by atoms with Crippen molar-refractivity contribution in [2.75, 3.05) is 19.5 Å². The Morgan fingerprint density at radius 2 is 2.00 bits per heavy atom. The summed E-state index contributed by atoms with van der Waals surface area (Å²) in [6.07, 6.45) is 4.06. The van der Waals surface area contributed by atoms with Crippen LogP contribution in [-0.2, 0) is 21.2 Å². The van der Waals surface area contributed by atoms with E-state index >= 15 is 0 Å². The van der Waals surface area contributed by atoms with E-state index in [0.29, 0.717) is 5.92 Å². The molecule has 1 saturated carbocycles. The summed E-state index contributed by atoms with van der Waals surface area (Å²) >= 11 is 0. The van der Waals surface area contributed by atoms with Crippen molar-refractivity contribution in [2.45, 2.75) is 31.7 Å². The lowest BCUT2D eigenvalue weighted by Gasteiger charge is -2.21. The highest BCUT2D eigenvalue weighted by atomic mass is 32.2. The summed E-state index contributed by atoms with van der Waals surface area (Å²) in [7, 11) is -1.71. The van der Waals surface area contributed by atoms with Gasteiger partial charge in [0.25, 0.3) is 0 Å². The maximum atomic E-state index is 12.0. The van der Waals surface area contributed by atoms with Gasteiger partial charge in [-0.05, 0) is 30.7 Å². The van der Waals surface area contributed by atoms with E-state index in [1.165, 1.54) is 12.7 Å². The highest BCUT2D eigenvalue weighted by molar-refractivity contribution is 7.89. The Labute approximate surface area is 121 Å². The molecule has 0 radical (unpaired) electrons. The quantitative estimate of drug-likeness (QED) is 0.837. The zero-order valence-electron chi connectivity index (χ0n) is 11.9. The van der Waals surface area contributed by atoms with Crippen molar-refractivity contribution in [3.05, 3.63) is 35.9 Å². The lowest BCUT2D eigenvalue weighted by Crippen LogP contribution is -2.40. The Hall–Kier alpha value is -0.910. The van der Waals surface area contributed by atoms with Gasteiger partial charge in [0.2, 0.25) is 10.0 Å². The van der Waals surface area contributed by atoms with Crippen LogP contribution in [0, 0.1) is 5.92 Å². The zero-order chi connectivity index (χ0) is 14.4. The first-order valence-electron chi connectivity index (χ1n) is 7.13. The van der Waals surface area contributed by atoms with Crippen LogP contribution in [0.3, 0.4) is 0 Å². The summed E-state index contributed by atoms with van der Waals surface area (Å²) < 4.78 is 31.6. The van der Waals surface area contributed by atoms with Crippen molar-refractivity contribution in [1.82, 2.24) is 4.72 Å². The fraction of sp³-hybridized carbons (Fsp3) is 0.600. The molecule has 0 spiro atoms. The van der Waals surface area contributed by atoms with Gasteiger partial charge >= 0.3 is 0 Å². The third-order valence-corrected chi connectivity index (χ3v) is 5.25. The van der Waals surface area contributed by atoms with Crippen molar-refractivity contribution < 1.29 is 13.2 Å². The molecule has 0 saturated heterocycles. The molecule has 2 atom stereocenters. The van der Waals surface area contributed by atoms with E-state index in [4.69, 9.17) is 4.74 Å². The van der Waals surface area contributed by atoms with Crippen LogP contribution in [0.15, 0.2) is 30.3 Å². The van der Waals surface area contributed by atoms with Crippen LogP contribution in [0.5, 0.6) is 0 Å². The molecule has 1 aliphatic carbocycles. The molecule has 0 bridgehead atoms. The summed E-state index contributed by atoms with van der Waals surface area (Å²) in [4.78, 5) is 0. The molecule has 1 aliphatic rings. The molecule has 0 aromatic heterocycles. The van der Waals surface area contributed by atoms with Gasteiger partial charge in [-0.15, -0.1) is 0 Å². The zero-order valence-corrected chi connectivity index (χ0v) is 12.7. The highest BCUT2D eigenvalue weighted by Crippen LogP contribution is 2.29. The number of rotatable bonds is 7. The second kappa shape index (κ2) is 7.20. The normalized spacial score (nSPS) is 23.1. The van der Waals surface area contributed by atoms with E-state index in [2.05, 4.69) is 16.9 Å². The molecule has 0 unspecified atom stereocenters. The fourth-order valence-corrected chi connectivity index (χ4v) is 4.11. The van der Waals surface area contributed by atoms with Crippen LogP contribution in [0.2, 0.25) is 0 Å². The number of nitrogens with one attached hydrogen (secondary N) is 1. The third kappa shape index (κ3) is 4.58. The molecular weight excluding hydrogens is 274 g/mol. The standard InChI is InChI=1S/C15H23NO3S/c1-19-10-11-20(17,18)16-15-9-5-8-14(15)12-13-6-3-2-4-7-13/h2-4,6-7,14-16H,5,8-12H2,1H3/t14-,15-/m0/s1. The fourth-order valence-electron chi connectivity index (χ4n) is 2.84. The van der Waals surface area contributed by atoms with Gasteiger partial charge in [-0.25, -0.2) is 13.1 Å². The Bertz CT molecular complexity index is 501. The third-order valence-electron chi connectivity index (χ3n) is 3.89. The molecule has 1 N–H and O–H groups in total. The molecule has 0 amide bonds. The minimum atomic E-state index is -3.23. The summed E-state index contributed by atoms with van der Waals surface area (Å²) in [5, 5.41) is 0. The van der Waals surface area contributed by atoms with Crippen molar-refractivity contribution in [3.8, 4) is 0 Å². The molecule has 1 aromatic carbocycles. The number of hydrogen-bond donors (Lipinski definition) is 1. The second-order valence-electron chi connectivity index (χ2n) is 5.42. The van der Waals surface area contributed by atoms with Gasteiger partial charge in [-0.3, -0.25) is 0 Å². The van der Waals surface area contributed by atoms with Gasteiger partial charge in [0, 0.05) is 13.2 Å². The average Bonchev–Trinajstić information content (AvgIpc) is 2.84. The SMILES string of the molecule is COCCS(=O)(=O)N[C@H]1CCC[C@H]1Cc1ccccc1. The summed E-state index contributed by atoms with van der Waals surface area (Å²) in [6, 6.07) is 10.3. The monoisotopic (exact) mass is 297 g/mol. The number of hydrogen-bond acceptors (Lipinski definition) is 3. The molecule has 0 aliphatic heterocycles. The number of sulfonamides is 1. The first-order chi connectivity index (χ1) is 9.61. The summed E-state index contributed by atoms with van der Waals surface area (Å²) in [6.45, 7) is 0.241. The van der Waals surface area contributed by atoms with Crippen molar-refractivity contribution in [3.63, 3.8) is 0 Å². The number of benzene rings is 1. The minimum absolute atomic E-state index is 0.0397. The van der Waals surface area contributed by atoms with E-state index in [-0.39, 0.29) is 18.4 Å². The minimum Gasteiger partial charge on any atom is -0.384 e. The first kappa shape index (κ1) is 15.5. The Kier molecular flexibility index (Phi) is 5.57. The van der Waals surface area contributed by atoms with Crippen molar-refractivity contribution >= 4 is 10.0 Å². The van der Waals surface area contributed by atoms with Crippen LogP contribution >= 0.6 is 0 Å². The molecule has 1 fully saturated rings. The molecule has 112 valence electrons. The van der Waals surface area contributed by atoms with Crippen LogP contribution < -0.4 is 4.72 Å². The molecule has 0 heterocycles. The molecule has 20 heavy (non-hydrogen) atoms. The number of ether oxygens (including phenoxy) is 1. The van der Waals surface area contributed by atoms with Crippen molar-refractivity contribution in [1.29, 1.82) is 0 Å². The number of methoxy groups -OCH3 is 1. The largest absolute Gasteiger partial charge is 0.384 e. The average molecular weight is 297 g/mol. The van der Waals surface area contributed by atoms with Crippen LogP contribution in [-0.4, -0.2) is 33.9 Å². The Morgan fingerprint density at radius 1 is 1.25 bits per heavy atom. The molecule has 4 nitrogen and oxygen atoms in total. The topological polar surface area (TPSA) is 55.4 Å². The predicted molar refractivity (Wildman–Crippen MR) is 80.1 cm³/mol. The Balaban J connectivity index is 1.94. The Morgan fingerprint density at radius 3 is 2.70 bits per heavy atom. The van der Waals surface area contributed by atoms with Crippen LogP contribution in [0.1, 0.15) is 24.8 Å². The van der Waals surface area contributed by atoms with Gasteiger partial charge in [0.1, 0.15) is 0 Å². The molecule has 1 aromatic rings. The van der Waals surface area contributed by atoms with Crippen LogP contribution in [0.25, 0.3) is 0 Å². The van der Waals surface area contributed by atoms with Crippen LogP contribution in [0.4, 0.5) is 0 Å². The lowest BCUT2D eigenvalue weighted by atomic mass is 9.95. The molecule has 5 heteroatoms. The maximum absolute atomic E-state index is 12.0. The van der Waals surface area contributed by atoms with E-state index in [9.17, 15) is 8.42 Å². The second-order valence-corrected chi connectivity index (χ2v) is 7.29. The highest BCUT2D eigenvalue weighted by Gasteiger charge is 2.30. The lowest BCUT2D eigenvalue weighted by molar-refractivity contribution is 0.216. The van der Waals surface area contributed by atoms with Gasteiger partial charge in [-0.2, -0.15) is 0 Å². The maximum Gasteiger partial charge on any atom is 0.214 e. The molecule has 2 rings (SSSR count). The predicted octanol–water partition coefficient (Wildman–Crippen LogP) is 1.96. The van der Waals surface area contributed by atoms with E-state index in [1.807, 2.05) is 18.2 Å². The smallest absolute Gasteiger partial charge is 0.214 e. The van der Waals surface area contributed by atoms with Gasteiger partial charge in [-0.1, -0.05) is 36.8 Å². The van der Waals surface area contributed by atoms with Gasteiger partial charge in [0.15, 0.2) is 0 Å². The van der Waals surface area contributed by atoms with Crippen molar-refractivity contribution in [2.24, 2.45) is 5.92 Å². The van der Waals surface area contributed by atoms with Gasteiger partial charge in [0.05, 0.1) is 12.4 Å². The van der Waals surface area contributed by atoms with E-state index in [0.717, 1.165) is 25.7 Å².